The number of nitrogens with zero attached hydrogens (tertiary/aromatic N) is 1. The highest BCUT2D eigenvalue weighted by Gasteiger charge is 2.33. The van der Waals surface area contributed by atoms with Crippen molar-refractivity contribution in [1.29, 1.82) is 0 Å². The second-order valence-electron chi connectivity index (χ2n) is 5.69. The minimum Gasteiger partial charge on any atom is -0.489 e. The van der Waals surface area contributed by atoms with Gasteiger partial charge in [0.15, 0.2) is 0 Å². The molecule has 0 unspecified atom stereocenters. The third-order valence-electron chi connectivity index (χ3n) is 3.75. The van der Waals surface area contributed by atoms with E-state index in [9.17, 15) is 9.59 Å². The largest absolute Gasteiger partial charge is 0.489 e. The van der Waals surface area contributed by atoms with Crippen molar-refractivity contribution in [1.82, 2.24) is 4.90 Å². The van der Waals surface area contributed by atoms with E-state index in [-0.39, 0.29) is 17.7 Å². The van der Waals surface area contributed by atoms with Crippen LogP contribution in [0, 0.1) is 0 Å². The van der Waals surface area contributed by atoms with Crippen molar-refractivity contribution in [2.75, 3.05) is 6.54 Å². The number of halogens is 2. The summed E-state index contributed by atoms with van der Waals surface area (Å²) >= 11 is 12.8. The van der Waals surface area contributed by atoms with Crippen LogP contribution in [0.25, 0.3) is 6.08 Å². The van der Waals surface area contributed by atoms with E-state index >= 15 is 0 Å². The van der Waals surface area contributed by atoms with Gasteiger partial charge in [0.2, 0.25) is 0 Å². The third-order valence-corrected chi connectivity index (χ3v) is 5.40. The summed E-state index contributed by atoms with van der Waals surface area (Å²) in [6.07, 6.45) is 3.22. The third kappa shape index (κ3) is 4.75. The van der Waals surface area contributed by atoms with Crippen LogP contribution in [0.3, 0.4) is 0 Å². The van der Waals surface area contributed by atoms with E-state index in [0.29, 0.717) is 27.3 Å². The molecule has 0 N–H and O–H groups in total. The van der Waals surface area contributed by atoms with Gasteiger partial charge in [0.25, 0.3) is 11.1 Å². The summed E-state index contributed by atoms with van der Waals surface area (Å²) in [6, 6.07) is 12.6. The Morgan fingerprint density at radius 3 is 2.48 bits per heavy atom. The molecule has 138 valence electrons. The van der Waals surface area contributed by atoms with Crippen LogP contribution >= 0.6 is 35.0 Å². The molecule has 7 heteroatoms. The van der Waals surface area contributed by atoms with Gasteiger partial charge in [-0.05, 0) is 53.2 Å². The fourth-order valence-electron chi connectivity index (χ4n) is 2.39. The van der Waals surface area contributed by atoms with Gasteiger partial charge in [-0.2, -0.15) is 0 Å². The SMILES string of the molecule is C=CCN1C(=O)S/C(=C/c2ccc(OCc3ccc(Cl)c(Cl)c3)cc2)C1=O. The van der Waals surface area contributed by atoms with Crippen molar-refractivity contribution in [2.45, 2.75) is 6.61 Å². The van der Waals surface area contributed by atoms with Gasteiger partial charge in [-0.3, -0.25) is 14.5 Å². The Balaban J connectivity index is 1.65. The highest BCUT2D eigenvalue weighted by atomic mass is 35.5. The predicted molar refractivity (Wildman–Crippen MR) is 110 cm³/mol. The minimum atomic E-state index is -0.301. The molecule has 27 heavy (non-hydrogen) atoms. The highest BCUT2D eigenvalue weighted by Crippen LogP contribution is 2.32. The predicted octanol–water partition coefficient (Wildman–Crippen LogP) is 5.79. The van der Waals surface area contributed by atoms with Crippen molar-refractivity contribution in [2.24, 2.45) is 0 Å². The van der Waals surface area contributed by atoms with Crippen LogP contribution in [0.2, 0.25) is 10.0 Å². The molecule has 1 saturated heterocycles. The number of imide groups is 1. The smallest absolute Gasteiger partial charge is 0.293 e. The summed E-state index contributed by atoms with van der Waals surface area (Å²) in [5.74, 6) is 0.378. The van der Waals surface area contributed by atoms with E-state index in [1.807, 2.05) is 18.2 Å². The fourth-order valence-corrected chi connectivity index (χ4v) is 3.56. The van der Waals surface area contributed by atoms with E-state index in [2.05, 4.69) is 6.58 Å². The normalized spacial score (nSPS) is 15.5. The lowest BCUT2D eigenvalue weighted by molar-refractivity contribution is -0.122. The lowest BCUT2D eigenvalue weighted by atomic mass is 10.2. The molecule has 0 aromatic heterocycles. The maximum Gasteiger partial charge on any atom is 0.293 e. The van der Waals surface area contributed by atoms with Crippen molar-refractivity contribution in [3.05, 3.63) is 81.2 Å². The van der Waals surface area contributed by atoms with Crippen molar-refractivity contribution >= 4 is 52.2 Å². The van der Waals surface area contributed by atoms with Gasteiger partial charge in [-0.25, -0.2) is 0 Å². The molecule has 0 aliphatic carbocycles. The second kappa shape index (κ2) is 8.65. The van der Waals surface area contributed by atoms with Gasteiger partial charge in [0, 0.05) is 6.54 Å². The van der Waals surface area contributed by atoms with Crippen LogP contribution < -0.4 is 4.74 Å². The molecule has 3 rings (SSSR count). The van der Waals surface area contributed by atoms with Crippen LogP contribution in [0.15, 0.2) is 60.0 Å². The van der Waals surface area contributed by atoms with Gasteiger partial charge in [0.05, 0.1) is 15.0 Å². The number of hydrogen-bond donors (Lipinski definition) is 0. The quantitative estimate of drug-likeness (QED) is 0.438. The Labute approximate surface area is 171 Å². The second-order valence-corrected chi connectivity index (χ2v) is 7.49. The zero-order valence-corrected chi connectivity index (χ0v) is 16.5. The van der Waals surface area contributed by atoms with Crippen LogP contribution in [0.4, 0.5) is 4.79 Å². The number of rotatable bonds is 6. The van der Waals surface area contributed by atoms with Crippen LogP contribution in [-0.4, -0.2) is 22.6 Å². The minimum absolute atomic E-state index is 0.212. The molecule has 0 atom stereocenters. The van der Waals surface area contributed by atoms with E-state index in [1.165, 1.54) is 6.08 Å². The Bertz CT molecular complexity index is 925. The summed E-state index contributed by atoms with van der Waals surface area (Å²) < 4.78 is 5.73. The molecular formula is C20H15Cl2NO3S. The Morgan fingerprint density at radius 1 is 1.07 bits per heavy atom. The van der Waals surface area contributed by atoms with Crippen molar-refractivity contribution in [3.8, 4) is 5.75 Å². The summed E-state index contributed by atoms with van der Waals surface area (Å²) in [6.45, 7) is 4.13. The van der Waals surface area contributed by atoms with E-state index < -0.39 is 0 Å². The number of benzene rings is 2. The summed E-state index contributed by atoms with van der Waals surface area (Å²) in [5.41, 5.74) is 1.71. The molecule has 0 spiro atoms. The van der Waals surface area contributed by atoms with Gasteiger partial charge < -0.3 is 4.74 Å². The molecule has 1 aliphatic heterocycles. The molecular weight excluding hydrogens is 405 g/mol. The molecule has 2 aromatic carbocycles. The van der Waals surface area contributed by atoms with Crippen molar-refractivity contribution < 1.29 is 14.3 Å². The van der Waals surface area contributed by atoms with Gasteiger partial charge in [-0.1, -0.05) is 47.5 Å². The van der Waals surface area contributed by atoms with E-state index in [0.717, 1.165) is 27.8 Å². The monoisotopic (exact) mass is 419 g/mol. The Morgan fingerprint density at radius 2 is 1.81 bits per heavy atom. The van der Waals surface area contributed by atoms with Gasteiger partial charge >= 0.3 is 0 Å². The van der Waals surface area contributed by atoms with E-state index in [4.69, 9.17) is 27.9 Å². The topological polar surface area (TPSA) is 46.6 Å². The number of thioether (sulfide) groups is 1. The zero-order valence-electron chi connectivity index (χ0n) is 14.2. The summed E-state index contributed by atoms with van der Waals surface area (Å²) in [5, 5.41) is 0.702. The zero-order chi connectivity index (χ0) is 19.4. The summed E-state index contributed by atoms with van der Waals surface area (Å²) in [4.78, 5) is 25.6. The van der Waals surface area contributed by atoms with Crippen LogP contribution in [0.1, 0.15) is 11.1 Å². The molecule has 1 fully saturated rings. The van der Waals surface area contributed by atoms with Crippen LogP contribution in [-0.2, 0) is 11.4 Å². The highest BCUT2D eigenvalue weighted by molar-refractivity contribution is 8.18. The first-order valence-corrected chi connectivity index (χ1v) is 9.58. The maximum atomic E-state index is 12.2. The lowest BCUT2D eigenvalue weighted by Crippen LogP contribution is -2.27. The van der Waals surface area contributed by atoms with Gasteiger partial charge in [0.1, 0.15) is 12.4 Å². The number of amides is 2. The summed E-state index contributed by atoms with van der Waals surface area (Å²) in [7, 11) is 0. The average Bonchev–Trinajstić information content (AvgIpc) is 2.92. The van der Waals surface area contributed by atoms with Crippen molar-refractivity contribution in [3.63, 3.8) is 0 Å². The first-order valence-electron chi connectivity index (χ1n) is 8.01. The standard InChI is InChI=1S/C20H15Cl2NO3S/c1-2-9-23-19(24)18(27-20(23)25)11-13-3-6-15(7-4-13)26-12-14-5-8-16(21)17(22)10-14/h2-8,10-11H,1,9,12H2/b18-11+. The molecule has 0 radical (unpaired) electrons. The molecule has 2 amide bonds. The number of ether oxygens (including phenoxy) is 1. The van der Waals surface area contributed by atoms with E-state index in [1.54, 1.807) is 30.3 Å². The lowest BCUT2D eigenvalue weighted by Gasteiger charge is -2.08. The first-order chi connectivity index (χ1) is 13.0. The van der Waals surface area contributed by atoms with Gasteiger partial charge in [-0.15, -0.1) is 6.58 Å². The fraction of sp³-hybridized carbons (Fsp3) is 0.100. The molecule has 0 bridgehead atoms. The Kier molecular flexibility index (Phi) is 6.26. The number of carbonyl (C=O) groups is 2. The molecule has 2 aromatic rings. The average molecular weight is 420 g/mol. The number of hydrogen-bond acceptors (Lipinski definition) is 4. The maximum absolute atomic E-state index is 12.2. The first kappa shape index (κ1) is 19.5. The Hall–Kier alpha value is -2.21. The van der Waals surface area contributed by atoms with Crippen LogP contribution in [0.5, 0.6) is 5.75 Å². The molecule has 1 heterocycles. The molecule has 0 saturated carbocycles. The molecule has 4 nitrogen and oxygen atoms in total. The number of carbonyl (C=O) groups excluding carboxylic acids is 2. The molecule has 1 aliphatic rings.